The third-order valence-electron chi connectivity index (χ3n) is 5.20. The van der Waals surface area contributed by atoms with Crippen LogP contribution in [0.5, 0.6) is 0 Å². The Balaban J connectivity index is 1.75. The molecule has 0 spiro atoms. The minimum absolute atomic E-state index is 0.0122. The maximum absolute atomic E-state index is 12.4. The molecule has 3 N–H and O–H groups in total. The van der Waals surface area contributed by atoms with Gasteiger partial charge < -0.3 is 15.6 Å². The van der Waals surface area contributed by atoms with Crippen LogP contribution in [0.1, 0.15) is 24.0 Å². The molecule has 166 valence electrons. The zero-order valence-corrected chi connectivity index (χ0v) is 19.0. The maximum atomic E-state index is 12.4. The Morgan fingerprint density at radius 3 is 2.66 bits per heavy atom. The summed E-state index contributed by atoms with van der Waals surface area (Å²) in [6, 6.07) is 14.4. The quantitative estimate of drug-likeness (QED) is 0.237. The van der Waals surface area contributed by atoms with Gasteiger partial charge in [-0.15, -0.1) is 0 Å². The molecule has 1 saturated heterocycles. The number of halogens is 2. The first-order chi connectivity index (χ1) is 15.5. The lowest BCUT2D eigenvalue weighted by Crippen LogP contribution is -2.45. The average molecular weight is 471 g/mol. The zero-order valence-electron chi connectivity index (χ0n) is 17.4. The molecule has 0 aromatic heterocycles. The minimum atomic E-state index is -0.575. The number of carbonyl (C=O) groups is 1. The van der Waals surface area contributed by atoms with Crippen molar-refractivity contribution >= 4 is 40.8 Å². The van der Waals surface area contributed by atoms with Gasteiger partial charge in [-0.1, -0.05) is 59.6 Å². The van der Waals surface area contributed by atoms with Crippen LogP contribution in [0.2, 0.25) is 10.0 Å². The number of aliphatic imine (C=N–C) groups is 1. The lowest BCUT2D eigenvalue weighted by Gasteiger charge is -2.27. The lowest BCUT2D eigenvalue weighted by atomic mass is 10.0. The Morgan fingerprint density at radius 1 is 1.22 bits per heavy atom. The van der Waals surface area contributed by atoms with Gasteiger partial charge in [0.15, 0.2) is 6.19 Å². The van der Waals surface area contributed by atoms with Crippen molar-refractivity contribution in [3.05, 3.63) is 69.7 Å². The summed E-state index contributed by atoms with van der Waals surface area (Å²) >= 11 is 12.1. The van der Waals surface area contributed by atoms with Gasteiger partial charge in [0.05, 0.1) is 28.3 Å². The van der Waals surface area contributed by atoms with E-state index in [1.54, 1.807) is 23.1 Å². The predicted octanol–water partition coefficient (Wildman–Crippen LogP) is 3.61. The molecule has 0 saturated carbocycles. The largest absolute Gasteiger partial charge is 0.355 e. The summed E-state index contributed by atoms with van der Waals surface area (Å²) in [6.45, 7) is 1.27. The first-order valence-corrected chi connectivity index (χ1v) is 11.1. The molecule has 1 aliphatic heterocycles. The standard InChI is InChI=1S/C23H24Cl2N6O/c24-18-9-8-17(13-19(18)25)22(27)20(31-12-4-7-21(31)32)14-29-23(30-15-26)28-11-10-16-5-2-1-3-6-16/h1-3,5-6,8-9,13,20,27H,4,7,10-12,14H2,(H2,28,29,30). The smallest absolute Gasteiger partial charge is 0.223 e. The van der Waals surface area contributed by atoms with Crippen molar-refractivity contribution in [2.75, 3.05) is 19.6 Å². The third kappa shape index (κ3) is 6.22. The Bertz CT molecular complexity index is 1030. The van der Waals surface area contributed by atoms with E-state index in [9.17, 15) is 4.79 Å². The van der Waals surface area contributed by atoms with E-state index in [-0.39, 0.29) is 18.2 Å². The number of guanidine groups is 1. The van der Waals surface area contributed by atoms with E-state index >= 15 is 0 Å². The second-order valence-corrected chi connectivity index (χ2v) is 8.15. The molecule has 2 aromatic rings. The van der Waals surface area contributed by atoms with Crippen LogP contribution >= 0.6 is 23.2 Å². The number of nitrogens with one attached hydrogen (secondary N) is 3. The number of likely N-dealkylation sites (tertiary alicyclic amines) is 1. The monoisotopic (exact) mass is 470 g/mol. The van der Waals surface area contributed by atoms with Crippen LogP contribution in [-0.2, 0) is 11.2 Å². The van der Waals surface area contributed by atoms with Gasteiger partial charge in [-0.25, -0.2) is 4.99 Å². The molecule has 2 aromatic carbocycles. The number of hydrogen-bond donors (Lipinski definition) is 3. The fourth-order valence-electron chi connectivity index (χ4n) is 3.54. The second kappa shape index (κ2) is 11.5. The van der Waals surface area contributed by atoms with Gasteiger partial charge in [-0.05, 0) is 36.1 Å². The van der Waals surface area contributed by atoms with Crippen LogP contribution < -0.4 is 10.6 Å². The van der Waals surface area contributed by atoms with Crippen molar-refractivity contribution in [1.29, 1.82) is 10.7 Å². The van der Waals surface area contributed by atoms with E-state index < -0.39 is 6.04 Å². The first-order valence-electron chi connectivity index (χ1n) is 10.3. The summed E-state index contributed by atoms with van der Waals surface area (Å²) in [6.07, 6.45) is 3.84. The summed E-state index contributed by atoms with van der Waals surface area (Å²) in [5.74, 6) is 0.295. The fourth-order valence-corrected chi connectivity index (χ4v) is 3.84. The van der Waals surface area contributed by atoms with Gasteiger partial charge in [0, 0.05) is 19.5 Å². The number of carbonyl (C=O) groups excluding carboxylic acids is 1. The van der Waals surface area contributed by atoms with Gasteiger partial charge in [-0.2, -0.15) is 5.26 Å². The van der Waals surface area contributed by atoms with E-state index in [1.165, 1.54) is 5.56 Å². The highest BCUT2D eigenvalue weighted by atomic mass is 35.5. The maximum Gasteiger partial charge on any atom is 0.223 e. The summed E-state index contributed by atoms with van der Waals surface area (Å²) < 4.78 is 0. The molecule has 0 aliphatic carbocycles. The SMILES string of the molecule is N#CNC(=NCC(C(=N)c1ccc(Cl)c(Cl)c1)N1CCCC1=O)NCCc1ccccc1. The van der Waals surface area contributed by atoms with Crippen LogP contribution in [0.15, 0.2) is 53.5 Å². The Labute approximate surface area is 197 Å². The molecule has 0 bridgehead atoms. The molecule has 7 nitrogen and oxygen atoms in total. The Morgan fingerprint density at radius 2 is 2.00 bits per heavy atom. The van der Waals surface area contributed by atoms with Gasteiger partial charge in [0.25, 0.3) is 0 Å². The van der Waals surface area contributed by atoms with Crippen molar-refractivity contribution in [3.63, 3.8) is 0 Å². The van der Waals surface area contributed by atoms with Crippen LogP contribution in [0.4, 0.5) is 0 Å². The summed E-state index contributed by atoms with van der Waals surface area (Å²) in [7, 11) is 0. The average Bonchev–Trinajstić information content (AvgIpc) is 3.22. The number of benzene rings is 2. The summed E-state index contributed by atoms with van der Waals surface area (Å²) in [5, 5.41) is 24.3. The topological polar surface area (TPSA) is 104 Å². The Kier molecular flexibility index (Phi) is 8.48. The van der Waals surface area contributed by atoms with Crippen molar-refractivity contribution in [2.24, 2.45) is 4.99 Å². The Hall–Kier alpha value is -3.08. The molecule has 1 atom stereocenters. The normalized spacial score (nSPS) is 14.7. The minimum Gasteiger partial charge on any atom is -0.355 e. The third-order valence-corrected chi connectivity index (χ3v) is 5.93. The zero-order chi connectivity index (χ0) is 22.9. The number of nitriles is 1. The highest BCUT2D eigenvalue weighted by Crippen LogP contribution is 2.25. The number of amides is 1. The molecular weight excluding hydrogens is 447 g/mol. The molecule has 32 heavy (non-hydrogen) atoms. The van der Waals surface area contributed by atoms with Gasteiger partial charge in [-0.3, -0.25) is 10.1 Å². The molecule has 1 heterocycles. The number of rotatable bonds is 8. The van der Waals surface area contributed by atoms with E-state index in [0.717, 1.165) is 12.8 Å². The van der Waals surface area contributed by atoms with Crippen LogP contribution in [0.25, 0.3) is 0 Å². The molecule has 1 unspecified atom stereocenters. The molecule has 9 heteroatoms. The van der Waals surface area contributed by atoms with Crippen LogP contribution in [0.3, 0.4) is 0 Å². The van der Waals surface area contributed by atoms with Crippen molar-refractivity contribution in [3.8, 4) is 6.19 Å². The van der Waals surface area contributed by atoms with Crippen molar-refractivity contribution in [2.45, 2.75) is 25.3 Å². The number of nitrogens with zero attached hydrogens (tertiary/aromatic N) is 3. The lowest BCUT2D eigenvalue weighted by molar-refractivity contribution is -0.128. The summed E-state index contributed by atoms with van der Waals surface area (Å²) in [5.41, 5.74) is 1.97. The van der Waals surface area contributed by atoms with E-state index in [1.807, 2.05) is 36.5 Å². The van der Waals surface area contributed by atoms with E-state index in [2.05, 4.69) is 15.6 Å². The van der Waals surface area contributed by atoms with Crippen LogP contribution in [-0.4, -0.2) is 48.2 Å². The van der Waals surface area contributed by atoms with E-state index in [0.29, 0.717) is 41.1 Å². The highest BCUT2D eigenvalue weighted by Gasteiger charge is 2.31. The number of hydrogen-bond acceptors (Lipinski definition) is 4. The molecule has 0 radical (unpaired) electrons. The molecular formula is C23H24Cl2N6O. The van der Waals surface area contributed by atoms with Gasteiger partial charge >= 0.3 is 0 Å². The molecule has 1 aliphatic rings. The van der Waals surface area contributed by atoms with Gasteiger partial charge in [0.1, 0.15) is 0 Å². The fraction of sp³-hybridized carbons (Fsp3) is 0.304. The first kappa shape index (κ1) is 23.6. The van der Waals surface area contributed by atoms with Crippen molar-refractivity contribution < 1.29 is 4.79 Å². The predicted molar refractivity (Wildman–Crippen MR) is 127 cm³/mol. The second-order valence-electron chi connectivity index (χ2n) is 7.34. The van der Waals surface area contributed by atoms with Gasteiger partial charge in [0.2, 0.25) is 11.9 Å². The molecule has 3 rings (SSSR count). The van der Waals surface area contributed by atoms with Crippen LogP contribution in [0, 0.1) is 16.9 Å². The summed E-state index contributed by atoms with van der Waals surface area (Å²) in [4.78, 5) is 18.6. The van der Waals surface area contributed by atoms with E-state index in [4.69, 9.17) is 33.9 Å². The highest BCUT2D eigenvalue weighted by molar-refractivity contribution is 6.42. The van der Waals surface area contributed by atoms with Crippen molar-refractivity contribution in [1.82, 2.24) is 15.5 Å². The molecule has 1 fully saturated rings. The molecule has 1 amide bonds.